The van der Waals surface area contributed by atoms with Gasteiger partial charge in [-0.3, -0.25) is 0 Å². The Morgan fingerprint density at radius 3 is 2.33 bits per heavy atom. The molecule has 1 N–H and O–H groups in total. The molecule has 0 bridgehead atoms. The van der Waals surface area contributed by atoms with Crippen LogP contribution in [0.25, 0.3) is 11.5 Å². The van der Waals surface area contributed by atoms with E-state index in [2.05, 4.69) is 81.6 Å². The lowest BCUT2D eigenvalue weighted by atomic mass is 10.0. The van der Waals surface area contributed by atoms with E-state index in [-0.39, 0.29) is 12.1 Å². The van der Waals surface area contributed by atoms with Crippen LogP contribution in [-0.4, -0.2) is 45.9 Å². The van der Waals surface area contributed by atoms with E-state index in [1.807, 2.05) is 67.0 Å². The average molecular weight is 531 g/mol. The Morgan fingerprint density at radius 1 is 0.925 bits per heavy atom. The molecule has 5 aromatic rings. The van der Waals surface area contributed by atoms with Gasteiger partial charge in [0.05, 0.1) is 29.7 Å². The fraction of sp³-hybridized carbons (Fsp3) is 0.212. The van der Waals surface area contributed by atoms with E-state index < -0.39 is 0 Å². The number of fused-ring (bicyclic) bond motifs is 3. The predicted molar refractivity (Wildman–Crippen MR) is 159 cm³/mol. The van der Waals surface area contributed by atoms with Crippen LogP contribution in [-0.2, 0) is 13.0 Å². The zero-order chi connectivity index (χ0) is 27.6. The minimum Gasteiger partial charge on any atom is -0.378 e. The smallest absolute Gasteiger partial charge is 0.318 e. The quantitative estimate of drug-likeness (QED) is 0.298. The summed E-state index contributed by atoms with van der Waals surface area (Å²) in [5.74, 6) is 0.971. The van der Waals surface area contributed by atoms with Gasteiger partial charge in [0.15, 0.2) is 0 Å². The van der Waals surface area contributed by atoms with Crippen LogP contribution in [0.15, 0.2) is 103 Å². The first-order valence-corrected chi connectivity index (χ1v) is 13.7. The van der Waals surface area contributed by atoms with Gasteiger partial charge in [0, 0.05) is 38.1 Å². The number of anilines is 1. The number of hydrogen-bond donors (Lipinski definition) is 1. The van der Waals surface area contributed by atoms with Crippen molar-refractivity contribution >= 4 is 11.7 Å². The van der Waals surface area contributed by atoms with E-state index in [0.29, 0.717) is 13.1 Å². The van der Waals surface area contributed by atoms with Gasteiger partial charge in [0.1, 0.15) is 5.82 Å². The molecule has 202 valence electrons. The van der Waals surface area contributed by atoms with Crippen molar-refractivity contribution in [3.63, 3.8) is 0 Å². The minimum absolute atomic E-state index is 0.0925. The van der Waals surface area contributed by atoms with Crippen LogP contribution in [0.2, 0.25) is 0 Å². The van der Waals surface area contributed by atoms with Crippen molar-refractivity contribution < 1.29 is 4.79 Å². The van der Waals surface area contributed by atoms with Crippen molar-refractivity contribution in [3.8, 4) is 11.5 Å². The third kappa shape index (κ3) is 4.75. The van der Waals surface area contributed by atoms with E-state index in [9.17, 15) is 4.79 Å². The van der Waals surface area contributed by atoms with Gasteiger partial charge in [-0.05, 0) is 60.9 Å². The van der Waals surface area contributed by atoms with Crippen LogP contribution < -0.4 is 10.2 Å². The molecule has 6 rings (SSSR count). The van der Waals surface area contributed by atoms with E-state index in [4.69, 9.17) is 5.10 Å². The van der Waals surface area contributed by atoms with Gasteiger partial charge >= 0.3 is 6.03 Å². The fourth-order valence-corrected chi connectivity index (χ4v) is 5.51. The number of nitrogens with zero attached hydrogens (tertiary/aromatic N) is 5. The number of aryl methyl sites for hydroxylation is 1. The highest BCUT2D eigenvalue weighted by Crippen LogP contribution is 2.38. The van der Waals surface area contributed by atoms with Crippen molar-refractivity contribution in [1.82, 2.24) is 24.6 Å². The maximum atomic E-state index is 14.0. The number of amides is 2. The summed E-state index contributed by atoms with van der Waals surface area (Å²) in [6, 6.07) is 32.7. The first-order valence-electron chi connectivity index (χ1n) is 13.7. The van der Waals surface area contributed by atoms with Crippen molar-refractivity contribution in [2.24, 2.45) is 0 Å². The molecule has 7 nitrogen and oxygen atoms in total. The van der Waals surface area contributed by atoms with Gasteiger partial charge in [0.25, 0.3) is 0 Å². The summed E-state index contributed by atoms with van der Waals surface area (Å²) in [6.07, 6.45) is 2.85. The van der Waals surface area contributed by atoms with Crippen LogP contribution in [0, 0.1) is 6.92 Å². The number of urea groups is 1. The SMILES string of the molecule is Cc1nn(-c2ccccc2)c2c1CN(C(=O)NCCc1ccccc1)C(c1ccc(N(C)C)cc1)c1cccn1-2. The molecule has 3 heterocycles. The molecule has 0 saturated carbocycles. The zero-order valence-corrected chi connectivity index (χ0v) is 23.2. The Morgan fingerprint density at radius 2 is 1.62 bits per heavy atom. The largest absolute Gasteiger partial charge is 0.378 e. The van der Waals surface area contributed by atoms with Crippen molar-refractivity contribution in [3.05, 3.63) is 131 Å². The van der Waals surface area contributed by atoms with Crippen LogP contribution in [0.4, 0.5) is 10.5 Å². The number of carbonyl (C=O) groups excluding carboxylic acids is 1. The monoisotopic (exact) mass is 530 g/mol. The van der Waals surface area contributed by atoms with Crippen LogP contribution >= 0.6 is 0 Å². The summed E-state index contributed by atoms with van der Waals surface area (Å²) < 4.78 is 4.20. The topological polar surface area (TPSA) is 58.3 Å². The number of nitrogens with one attached hydrogen (secondary N) is 1. The van der Waals surface area contributed by atoms with E-state index in [1.165, 1.54) is 5.56 Å². The molecule has 0 saturated heterocycles. The average Bonchev–Trinajstić information content (AvgIpc) is 3.54. The van der Waals surface area contributed by atoms with Crippen LogP contribution in [0.3, 0.4) is 0 Å². The number of benzene rings is 3. The van der Waals surface area contributed by atoms with Gasteiger partial charge < -0.3 is 19.7 Å². The van der Waals surface area contributed by atoms with Gasteiger partial charge in [-0.2, -0.15) is 5.10 Å². The van der Waals surface area contributed by atoms with E-state index in [0.717, 1.165) is 46.1 Å². The summed E-state index contributed by atoms with van der Waals surface area (Å²) in [7, 11) is 4.07. The highest BCUT2D eigenvalue weighted by Gasteiger charge is 2.35. The second-order valence-electron chi connectivity index (χ2n) is 10.4. The number of hydrogen-bond acceptors (Lipinski definition) is 3. The molecule has 40 heavy (non-hydrogen) atoms. The van der Waals surface area contributed by atoms with E-state index in [1.54, 1.807) is 0 Å². The Bertz CT molecular complexity index is 1600. The molecule has 0 aliphatic carbocycles. The second kappa shape index (κ2) is 10.8. The first-order chi connectivity index (χ1) is 19.5. The van der Waals surface area contributed by atoms with Crippen molar-refractivity contribution in [2.75, 3.05) is 25.5 Å². The van der Waals surface area contributed by atoms with Gasteiger partial charge in [-0.1, -0.05) is 60.7 Å². The molecule has 1 unspecified atom stereocenters. The standard InChI is InChI=1S/C33H34N6O/c1-24-29-23-38(33(40)34-21-20-25-11-6-4-7-12-25)31(26-16-18-27(19-17-26)36(2)3)30-15-10-22-37(30)32(29)39(35-24)28-13-8-5-9-14-28/h4-19,22,31H,20-21,23H2,1-3H3,(H,34,40). The highest BCUT2D eigenvalue weighted by molar-refractivity contribution is 5.76. The molecular weight excluding hydrogens is 496 g/mol. The summed E-state index contributed by atoms with van der Waals surface area (Å²) in [5.41, 5.74) is 7.32. The molecule has 0 radical (unpaired) electrons. The van der Waals surface area contributed by atoms with Gasteiger partial charge in [0.2, 0.25) is 0 Å². The summed E-state index contributed by atoms with van der Waals surface area (Å²) >= 11 is 0. The number of aromatic nitrogens is 3. The number of carbonyl (C=O) groups is 1. The molecule has 2 amide bonds. The first kappa shape index (κ1) is 25.5. The lowest BCUT2D eigenvalue weighted by molar-refractivity contribution is 0.180. The lowest BCUT2D eigenvalue weighted by Crippen LogP contribution is -2.42. The zero-order valence-electron chi connectivity index (χ0n) is 23.2. The molecule has 0 spiro atoms. The Hall–Kier alpha value is -4.78. The maximum Gasteiger partial charge on any atom is 0.318 e. The normalized spacial score (nSPS) is 14.3. The molecule has 7 heteroatoms. The predicted octanol–water partition coefficient (Wildman–Crippen LogP) is 5.89. The van der Waals surface area contributed by atoms with Crippen LogP contribution in [0.1, 0.15) is 34.1 Å². The number of para-hydroxylation sites is 1. The van der Waals surface area contributed by atoms with Crippen molar-refractivity contribution in [2.45, 2.75) is 25.9 Å². The fourth-order valence-electron chi connectivity index (χ4n) is 5.51. The third-order valence-electron chi connectivity index (χ3n) is 7.61. The highest BCUT2D eigenvalue weighted by atomic mass is 16.2. The van der Waals surface area contributed by atoms with E-state index >= 15 is 0 Å². The summed E-state index contributed by atoms with van der Waals surface area (Å²) in [4.78, 5) is 18.0. The molecule has 1 aliphatic rings. The second-order valence-corrected chi connectivity index (χ2v) is 10.4. The van der Waals surface area contributed by atoms with Gasteiger partial charge in [-0.25, -0.2) is 9.48 Å². The molecule has 2 aromatic heterocycles. The Kier molecular flexibility index (Phi) is 6.86. The Labute approximate surface area is 235 Å². The number of rotatable bonds is 6. The summed E-state index contributed by atoms with van der Waals surface area (Å²) in [6.45, 7) is 3.02. The van der Waals surface area contributed by atoms with Crippen molar-refractivity contribution in [1.29, 1.82) is 0 Å². The third-order valence-corrected chi connectivity index (χ3v) is 7.61. The van der Waals surface area contributed by atoms with Gasteiger partial charge in [-0.15, -0.1) is 0 Å². The Balaban J connectivity index is 1.43. The minimum atomic E-state index is -0.279. The molecule has 1 atom stereocenters. The molecular formula is C33H34N6O. The molecule has 3 aromatic carbocycles. The summed E-state index contributed by atoms with van der Waals surface area (Å²) in [5, 5.41) is 8.15. The lowest BCUT2D eigenvalue weighted by Gasteiger charge is -2.31. The van der Waals surface area contributed by atoms with Crippen LogP contribution in [0.5, 0.6) is 0 Å². The maximum absolute atomic E-state index is 14.0. The molecule has 1 aliphatic heterocycles. The molecule has 0 fully saturated rings.